The fraction of sp³-hybridized carbons (Fsp3) is 0.414. The molecule has 4 heterocycles. The monoisotopic (exact) mass is 533 g/mol. The second kappa shape index (κ2) is 11.2. The minimum atomic E-state index is -1.20. The summed E-state index contributed by atoms with van der Waals surface area (Å²) in [6.07, 6.45) is 6.89. The Hall–Kier alpha value is -3.30. The molecule has 5 rings (SSSR count). The Morgan fingerprint density at radius 2 is 1.74 bits per heavy atom. The van der Waals surface area contributed by atoms with Crippen molar-refractivity contribution in [1.29, 1.82) is 0 Å². The summed E-state index contributed by atoms with van der Waals surface area (Å²) in [5.74, 6) is 0.841. The molecule has 0 atom stereocenters. The van der Waals surface area contributed by atoms with Crippen LogP contribution in [0, 0.1) is 5.95 Å². The first-order valence-corrected chi connectivity index (χ1v) is 17.0. The lowest BCUT2D eigenvalue weighted by molar-refractivity contribution is 0.0818. The fourth-order valence-electron chi connectivity index (χ4n) is 4.89. The van der Waals surface area contributed by atoms with E-state index in [1.807, 2.05) is 35.1 Å². The van der Waals surface area contributed by atoms with Gasteiger partial charge in [0.2, 0.25) is 5.95 Å². The fourth-order valence-corrected chi connectivity index (χ4v) is 5.65. The molecular formula is C29H36FN5O2Si. The Balaban J connectivity index is 1.57. The molecular weight excluding hydrogens is 497 g/mol. The Morgan fingerprint density at radius 1 is 0.947 bits per heavy atom. The predicted molar refractivity (Wildman–Crippen MR) is 153 cm³/mol. The summed E-state index contributed by atoms with van der Waals surface area (Å²) in [5, 5.41) is 5.91. The van der Waals surface area contributed by atoms with Crippen molar-refractivity contribution in [2.75, 3.05) is 31.7 Å². The van der Waals surface area contributed by atoms with Crippen molar-refractivity contribution in [3.8, 4) is 28.1 Å². The molecule has 0 unspecified atom stereocenters. The lowest BCUT2D eigenvalue weighted by Gasteiger charge is -2.27. The molecule has 0 amide bonds. The van der Waals surface area contributed by atoms with Crippen LogP contribution in [-0.4, -0.2) is 54.6 Å². The number of aromatic nitrogens is 4. The van der Waals surface area contributed by atoms with Crippen LogP contribution in [0.5, 0.6) is 5.75 Å². The number of nitrogens with zero attached hydrogens (tertiary/aromatic N) is 5. The molecule has 38 heavy (non-hydrogen) atoms. The highest BCUT2D eigenvalue weighted by Gasteiger charge is 2.20. The summed E-state index contributed by atoms with van der Waals surface area (Å²) in [7, 11) is 0.340. The van der Waals surface area contributed by atoms with E-state index in [1.54, 1.807) is 6.07 Å². The average molecular weight is 534 g/mol. The standard InChI is InChI=1S/C29H36FN5O2Si/c1-36-25-11-13-32-29(30)27(25)21-8-9-24-23(18-21)28(33-35(24)20-37-16-17-38(2,3)4)22-10-12-31-26(19-22)34-14-6-5-7-15-34/h8-13,18-19H,5-7,14-17,20H2,1-4H3. The number of rotatable bonds is 9. The number of hydrogen-bond donors (Lipinski definition) is 0. The third-order valence-corrected chi connectivity index (χ3v) is 8.74. The number of benzene rings is 1. The predicted octanol–water partition coefficient (Wildman–Crippen LogP) is 6.61. The van der Waals surface area contributed by atoms with E-state index in [2.05, 4.69) is 40.6 Å². The summed E-state index contributed by atoms with van der Waals surface area (Å²) < 4.78 is 28.3. The second-order valence-electron chi connectivity index (χ2n) is 11.1. The number of ether oxygens (including phenoxy) is 2. The van der Waals surface area contributed by atoms with E-state index in [0.29, 0.717) is 30.2 Å². The van der Waals surface area contributed by atoms with Crippen LogP contribution < -0.4 is 9.64 Å². The van der Waals surface area contributed by atoms with Gasteiger partial charge in [0.25, 0.3) is 0 Å². The van der Waals surface area contributed by atoms with Crippen LogP contribution in [0.4, 0.5) is 10.2 Å². The van der Waals surface area contributed by atoms with Gasteiger partial charge < -0.3 is 14.4 Å². The molecule has 1 saturated heterocycles. The molecule has 1 aliphatic rings. The van der Waals surface area contributed by atoms with Gasteiger partial charge in [0.15, 0.2) is 0 Å². The van der Waals surface area contributed by atoms with Gasteiger partial charge in [-0.05, 0) is 61.2 Å². The van der Waals surface area contributed by atoms with E-state index < -0.39 is 14.0 Å². The number of anilines is 1. The zero-order valence-electron chi connectivity index (χ0n) is 22.7. The second-order valence-corrected chi connectivity index (χ2v) is 16.7. The van der Waals surface area contributed by atoms with Gasteiger partial charge in [0, 0.05) is 51.1 Å². The molecule has 1 aromatic carbocycles. The highest BCUT2D eigenvalue weighted by molar-refractivity contribution is 6.76. The molecule has 1 aliphatic heterocycles. The minimum absolute atomic E-state index is 0.339. The highest BCUT2D eigenvalue weighted by Crippen LogP contribution is 2.37. The maximum atomic E-state index is 14.9. The van der Waals surface area contributed by atoms with Crippen molar-refractivity contribution >= 4 is 24.8 Å². The molecule has 0 saturated carbocycles. The third-order valence-electron chi connectivity index (χ3n) is 7.03. The zero-order chi connectivity index (χ0) is 26.7. The summed E-state index contributed by atoms with van der Waals surface area (Å²) in [6.45, 7) is 10.1. The number of halogens is 1. The zero-order valence-corrected chi connectivity index (χ0v) is 23.7. The number of fused-ring (bicyclic) bond motifs is 1. The molecule has 3 aromatic heterocycles. The van der Waals surface area contributed by atoms with E-state index >= 15 is 0 Å². The van der Waals surface area contributed by atoms with Gasteiger partial charge >= 0.3 is 0 Å². The molecule has 4 aromatic rings. The minimum Gasteiger partial charge on any atom is -0.496 e. The Labute approximate surface area is 224 Å². The smallest absolute Gasteiger partial charge is 0.224 e. The lowest BCUT2D eigenvalue weighted by atomic mass is 10.0. The molecule has 9 heteroatoms. The van der Waals surface area contributed by atoms with Gasteiger partial charge in [-0.25, -0.2) is 14.6 Å². The highest BCUT2D eigenvalue weighted by atomic mass is 28.3. The summed E-state index contributed by atoms with van der Waals surface area (Å²) in [6, 6.07) is 12.7. The van der Waals surface area contributed by atoms with Gasteiger partial charge in [-0.15, -0.1) is 0 Å². The Bertz CT molecular complexity index is 1410. The number of methoxy groups -OCH3 is 1. The largest absolute Gasteiger partial charge is 0.496 e. The maximum absolute atomic E-state index is 14.9. The quantitative estimate of drug-likeness (QED) is 0.137. The average Bonchev–Trinajstić information content (AvgIpc) is 3.28. The van der Waals surface area contributed by atoms with Gasteiger partial charge in [0.1, 0.15) is 24.0 Å². The molecule has 0 radical (unpaired) electrons. The van der Waals surface area contributed by atoms with Crippen LogP contribution in [0.2, 0.25) is 25.7 Å². The molecule has 7 nitrogen and oxygen atoms in total. The molecule has 0 aliphatic carbocycles. The van der Waals surface area contributed by atoms with Crippen LogP contribution in [0.25, 0.3) is 33.3 Å². The summed E-state index contributed by atoms with van der Waals surface area (Å²) in [4.78, 5) is 10.9. The number of piperidine rings is 1. The maximum Gasteiger partial charge on any atom is 0.224 e. The van der Waals surface area contributed by atoms with Crippen LogP contribution in [0.15, 0.2) is 48.8 Å². The van der Waals surface area contributed by atoms with Crippen LogP contribution in [0.1, 0.15) is 19.3 Å². The first kappa shape index (κ1) is 26.3. The number of pyridine rings is 2. The molecule has 0 spiro atoms. The lowest BCUT2D eigenvalue weighted by Crippen LogP contribution is -2.30. The van der Waals surface area contributed by atoms with Gasteiger partial charge in [-0.3, -0.25) is 0 Å². The van der Waals surface area contributed by atoms with Crippen LogP contribution in [-0.2, 0) is 11.5 Å². The normalized spacial score (nSPS) is 14.3. The molecule has 0 bridgehead atoms. The van der Waals surface area contributed by atoms with Gasteiger partial charge in [-0.1, -0.05) is 25.7 Å². The van der Waals surface area contributed by atoms with Crippen molar-refractivity contribution in [2.24, 2.45) is 0 Å². The van der Waals surface area contributed by atoms with E-state index in [-0.39, 0.29) is 0 Å². The van der Waals surface area contributed by atoms with E-state index in [0.717, 1.165) is 47.1 Å². The molecule has 200 valence electrons. The van der Waals surface area contributed by atoms with E-state index in [9.17, 15) is 4.39 Å². The van der Waals surface area contributed by atoms with Crippen molar-refractivity contribution in [3.63, 3.8) is 0 Å². The Kier molecular flexibility index (Phi) is 7.76. The molecule has 0 N–H and O–H groups in total. The third kappa shape index (κ3) is 5.73. The first-order valence-electron chi connectivity index (χ1n) is 13.3. The first-order chi connectivity index (χ1) is 18.3. The summed E-state index contributed by atoms with van der Waals surface area (Å²) >= 11 is 0. The van der Waals surface area contributed by atoms with Crippen molar-refractivity contribution in [1.82, 2.24) is 19.7 Å². The van der Waals surface area contributed by atoms with Crippen LogP contribution >= 0.6 is 0 Å². The summed E-state index contributed by atoms with van der Waals surface area (Å²) in [5.41, 5.74) is 3.74. The number of hydrogen-bond acceptors (Lipinski definition) is 6. The molecule has 1 fully saturated rings. The van der Waals surface area contributed by atoms with E-state index in [4.69, 9.17) is 14.6 Å². The van der Waals surface area contributed by atoms with Crippen molar-refractivity contribution in [2.45, 2.75) is 51.7 Å². The Morgan fingerprint density at radius 3 is 2.50 bits per heavy atom. The van der Waals surface area contributed by atoms with Crippen molar-refractivity contribution in [3.05, 3.63) is 54.7 Å². The van der Waals surface area contributed by atoms with Crippen molar-refractivity contribution < 1.29 is 13.9 Å². The topological polar surface area (TPSA) is 65.3 Å². The van der Waals surface area contributed by atoms with E-state index in [1.165, 1.54) is 32.6 Å². The van der Waals surface area contributed by atoms with Crippen LogP contribution in [0.3, 0.4) is 0 Å². The SMILES string of the molecule is COc1ccnc(F)c1-c1ccc2c(c1)c(-c1ccnc(N3CCCCC3)c1)nn2COCC[Si](C)(C)C. The van der Waals surface area contributed by atoms with Gasteiger partial charge in [0.05, 0.1) is 18.2 Å². The van der Waals surface area contributed by atoms with Gasteiger partial charge in [-0.2, -0.15) is 9.49 Å².